The van der Waals surface area contributed by atoms with Gasteiger partial charge in [-0.1, -0.05) is 19.3 Å². The van der Waals surface area contributed by atoms with E-state index in [1.54, 1.807) is 12.0 Å². The second kappa shape index (κ2) is 8.34. The molecule has 0 N–H and O–H groups in total. The van der Waals surface area contributed by atoms with Gasteiger partial charge >= 0.3 is 6.09 Å². The van der Waals surface area contributed by atoms with Crippen LogP contribution in [0.4, 0.5) is 4.79 Å². The first kappa shape index (κ1) is 18.5. The van der Waals surface area contributed by atoms with Gasteiger partial charge in [0.15, 0.2) is 0 Å². The van der Waals surface area contributed by atoms with Gasteiger partial charge in [0.05, 0.1) is 25.3 Å². The standard InChI is InChI=1S/C18H33NO4/c1-18(2,3)23-17(20)19-11-16(21-4)10-15(19)13-22-12-14-8-6-5-7-9-14/h14-16H,5-13H2,1-4H3. The van der Waals surface area contributed by atoms with E-state index in [1.165, 1.54) is 32.1 Å². The fraction of sp³-hybridized carbons (Fsp3) is 0.944. The Morgan fingerprint density at radius 1 is 1.13 bits per heavy atom. The van der Waals surface area contributed by atoms with Crippen molar-refractivity contribution in [3.63, 3.8) is 0 Å². The van der Waals surface area contributed by atoms with Crippen molar-refractivity contribution in [3.8, 4) is 0 Å². The highest BCUT2D eigenvalue weighted by molar-refractivity contribution is 5.69. The molecule has 5 nitrogen and oxygen atoms in total. The number of amides is 1. The van der Waals surface area contributed by atoms with Crippen LogP contribution in [0.5, 0.6) is 0 Å². The van der Waals surface area contributed by atoms with Gasteiger partial charge in [-0.05, 0) is 46.0 Å². The molecule has 0 bridgehead atoms. The lowest BCUT2D eigenvalue weighted by atomic mass is 9.90. The van der Waals surface area contributed by atoms with E-state index in [1.807, 2.05) is 20.8 Å². The van der Waals surface area contributed by atoms with Crippen LogP contribution in [0, 0.1) is 5.92 Å². The molecule has 0 aromatic rings. The van der Waals surface area contributed by atoms with E-state index in [-0.39, 0.29) is 18.2 Å². The van der Waals surface area contributed by atoms with Crippen LogP contribution in [0.2, 0.25) is 0 Å². The Morgan fingerprint density at radius 2 is 1.83 bits per heavy atom. The molecule has 1 amide bonds. The third-order valence-corrected chi connectivity index (χ3v) is 4.73. The Balaban J connectivity index is 1.82. The summed E-state index contributed by atoms with van der Waals surface area (Å²) < 4.78 is 16.9. The van der Waals surface area contributed by atoms with E-state index in [0.717, 1.165) is 13.0 Å². The smallest absolute Gasteiger partial charge is 0.410 e. The average molecular weight is 327 g/mol. The maximum atomic E-state index is 12.4. The monoisotopic (exact) mass is 327 g/mol. The second-order valence-electron chi connectivity index (χ2n) is 7.92. The molecule has 1 saturated carbocycles. The van der Waals surface area contributed by atoms with Crippen LogP contribution in [0.25, 0.3) is 0 Å². The molecule has 0 radical (unpaired) electrons. The number of carbonyl (C=O) groups is 1. The number of methoxy groups -OCH3 is 1. The SMILES string of the molecule is COC1CC(COCC2CCCCC2)N(C(=O)OC(C)(C)C)C1. The fourth-order valence-corrected chi connectivity index (χ4v) is 3.47. The van der Waals surface area contributed by atoms with E-state index >= 15 is 0 Å². The van der Waals surface area contributed by atoms with Crippen molar-refractivity contribution in [2.45, 2.75) is 77.0 Å². The topological polar surface area (TPSA) is 48.0 Å². The lowest BCUT2D eigenvalue weighted by Crippen LogP contribution is -2.42. The van der Waals surface area contributed by atoms with Gasteiger partial charge in [-0.2, -0.15) is 0 Å². The maximum Gasteiger partial charge on any atom is 0.410 e. The molecule has 2 rings (SSSR count). The summed E-state index contributed by atoms with van der Waals surface area (Å²) in [6, 6.07) is 0.0541. The molecule has 1 aliphatic carbocycles. The highest BCUT2D eigenvalue weighted by Crippen LogP contribution is 2.26. The molecule has 5 heteroatoms. The lowest BCUT2D eigenvalue weighted by Gasteiger charge is -2.29. The molecular weight excluding hydrogens is 294 g/mol. The van der Waals surface area contributed by atoms with E-state index in [0.29, 0.717) is 19.1 Å². The minimum atomic E-state index is -0.476. The Labute approximate surface area is 140 Å². The Kier molecular flexibility index (Phi) is 6.72. The molecule has 2 unspecified atom stereocenters. The first-order valence-corrected chi connectivity index (χ1v) is 8.99. The van der Waals surface area contributed by atoms with Crippen molar-refractivity contribution in [1.82, 2.24) is 4.90 Å². The number of likely N-dealkylation sites (tertiary alicyclic amines) is 1. The third-order valence-electron chi connectivity index (χ3n) is 4.73. The third kappa shape index (κ3) is 5.96. The average Bonchev–Trinajstić information content (AvgIpc) is 2.90. The predicted molar refractivity (Wildman–Crippen MR) is 89.5 cm³/mol. The van der Waals surface area contributed by atoms with Gasteiger partial charge in [0, 0.05) is 13.7 Å². The van der Waals surface area contributed by atoms with Crippen molar-refractivity contribution < 1.29 is 19.0 Å². The van der Waals surface area contributed by atoms with Gasteiger partial charge in [-0.15, -0.1) is 0 Å². The van der Waals surface area contributed by atoms with Gasteiger partial charge in [0.1, 0.15) is 5.60 Å². The summed E-state index contributed by atoms with van der Waals surface area (Å²) in [6.45, 7) is 7.66. The Bertz CT molecular complexity index is 374. The van der Waals surface area contributed by atoms with Crippen molar-refractivity contribution in [1.29, 1.82) is 0 Å². The number of rotatable bonds is 5. The normalized spacial score (nSPS) is 26.5. The molecule has 1 aliphatic heterocycles. The lowest BCUT2D eigenvalue weighted by molar-refractivity contribution is 0.00480. The summed E-state index contributed by atoms with van der Waals surface area (Å²) in [4.78, 5) is 14.2. The maximum absolute atomic E-state index is 12.4. The molecule has 2 atom stereocenters. The summed E-state index contributed by atoms with van der Waals surface area (Å²) in [6.07, 6.45) is 7.21. The largest absolute Gasteiger partial charge is 0.444 e. The number of ether oxygens (including phenoxy) is 3. The van der Waals surface area contributed by atoms with E-state index in [4.69, 9.17) is 14.2 Å². The second-order valence-corrected chi connectivity index (χ2v) is 7.92. The van der Waals surface area contributed by atoms with Crippen molar-refractivity contribution in [3.05, 3.63) is 0 Å². The van der Waals surface area contributed by atoms with Crippen LogP contribution in [-0.4, -0.2) is 55.6 Å². The number of hydrogen-bond acceptors (Lipinski definition) is 4. The molecule has 134 valence electrons. The Hall–Kier alpha value is -0.810. The highest BCUT2D eigenvalue weighted by atomic mass is 16.6. The summed E-state index contributed by atoms with van der Waals surface area (Å²) in [5, 5.41) is 0. The Morgan fingerprint density at radius 3 is 2.43 bits per heavy atom. The van der Waals surface area contributed by atoms with Gasteiger partial charge in [-0.3, -0.25) is 0 Å². The van der Waals surface area contributed by atoms with Crippen LogP contribution < -0.4 is 0 Å². The molecule has 1 heterocycles. The van der Waals surface area contributed by atoms with Gasteiger partial charge < -0.3 is 19.1 Å². The highest BCUT2D eigenvalue weighted by Gasteiger charge is 2.37. The summed E-state index contributed by atoms with van der Waals surface area (Å²) in [7, 11) is 1.70. The van der Waals surface area contributed by atoms with Crippen molar-refractivity contribution in [2.24, 2.45) is 5.92 Å². The van der Waals surface area contributed by atoms with Crippen molar-refractivity contribution >= 4 is 6.09 Å². The zero-order chi connectivity index (χ0) is 16.9. The van der Waals surface area contributed by atoms with E-state index < -0.39 is 5.60 Å². The van der Waals surface area contributed by atoms with Crippen LogP contribution >= 0.6 is 0 Å². The number of hydrogen-bond donors (Lipinski definition) is 0. The molecule has 0 aromatic heterocycles. The minimum Gasteiger partial charge on any atom is -0.444 e. The summed E-state index contributed by atoms with van der Waals surface area (Å²) in [5.74, 6) is 0.693. The van der Waals surface area contributed by atoms with Gasteiger partial charge in [0.2, 0.25) is 0 Å². The van der Waals surface area contributed by atoms with Crippen LogP contribution in [0.15, 0.2) is 0 Å². The molecule has 1 saturated heterocycles. The van der Waals surface area contributed by atoms with Crippen LogP contribution in [0.3, 0.4) is 0 Å². The van der Waals surface area contributed by atoms with Crippen LogP contribution in [0.1, 0.15) is 59.3 Å². The molecule has 2 aliphatic rings. The predicted octanol–water partition coefficient (Wildman–Crippen LogP) is 3.61. The molecular formula is C18H33NO4. The first-order valence-electron chi connectivity index (χ1n) is 8.99. The zero-order valence-corrected chi connectivity index (χ0v) is 15.2. The number of nitrogens with zero attached hydrogens (tertiary/aromatic N) is 1. The van der Waals surface area contributed by atoms with Gasteiger partial charge in [0.25, 0.3) is 0 Å². The minimum absolute atomic E-state index is 0.0541. The molecule has 23 heavy (non-hydrogen) atoms. The molecule has 0 aromatic carbocycles. The summed E-state index contributed by atoms with van der Waals surface area (Å²) >= 11 is 0. The summed E-state index contributed by atoms with van der Waals surface area (Å²) in [5.41, 5.74) is -0.476. The molecule has 2 fully saturated rings. The quantitative estimate of drug-likeness (QED) is 0.774. The van der Waals surface area contributed by atoms with E-state index in [2.05, 4.69) is 0 Å². The van der Waals surface area contributed by atoms with Crippen molar-refractivity contribution in [2.75, 3.05) is 26.9 Å². The molecule has 0 spiro atoms. The first-order chi connectivity index (χ1) is 10.9. The van der Waals surface area contributed by atoms with Gasteiger partial charge in [-0.25, -0.2) is 4.79 Å². The zero-order valence-electron chi connectivity index (χ0n) is 15.2. The number of carbonyl (C=O) groups excluding carboxylic acids is 1. The fourth-order valence-electron chi connectivity index (χ4n) is 3.47. The van der Waals surface area contributed by atoms with Crippen LogP contribution in [-0.2, 0) is 14.2 Å². The van der Waals surface area contributed by atoms with E-state index in [9.17, 15) is 4.79 Å².